The van der Waals surface area contributed by atoms with Crippen LogP contribution in [0.25, 0.3) is 0 Å². The average Bonchev–Trinajstić information content (AvgIpc) is 2.68. The number of benzene rings is 2. The number of rotatable bonds is 3. The van der Waals surface area contributed by atoms with Gasteiger partial charge in [0.2, 0.25) is 5.91 Å². The molecular formula is C23H27Cl2N3O. The average molecular weight is 432 g/mol. The van der Waals surface area contributed by atoms with Crippen molar-refractivity contribution in [3.05, 3.63) is 68.7 Å². The van der Waals surface area contributed by atoms with Gasteiger partial charge in [0.25, 0.3) is 0 Å². The number of carbonyl (C=O) groups is 1. The highest BCUT2D eigenvalue weighted by Crippen LogP contribution is 2.40. The summed E-state index contributed by atoms with van der Waals surface area (Å²) >= 11 is 12.9. The molecule has 2 aliphatic rings. The number of nitrogens with zero attached hydrogens (tertiary/aromatic N) is 2. The molecule has 4 rings (SSSR count). The number of piperidine rings is 1. The maximum atomic E-state index is 11.8. The van der Waals surface area contributed by atoms with Crippen molar-refractivity contribution in [2.45, 2.75) is 31.3 Å². The molecule has 1 saturated heterocycles. The van der Waals surface area contributed by atoms with E-state index in [4.69, 9.17) is 28.9 Å². The van der Waals surface area contributed by atoms with Gasteiger partial charge in [-0.25, -0.2) is 0 Å². The smallest absolute Gasteiger partial charge is 0.220 e. The second kappa shape index (κ2) is 8.27. The normalized spacial score (nSPS) is 25.6. The Bertz CT molecular complexity index is 932. The van der Waals surface area contributed by atoms with Crippen molar-refractivity contribution in [3.8, 4) is 0 Å². The molecule has 0 aromatic heterocycles. The van der Waals surface area contributed by atoms with Gasteiger partial charge in [-0.1, -0.05) is 47.5 Å². The van der Waals surface area contributed by atoms with Crippen molar-refractivity contribution in [2.75, 3.05) is 27.2 Å². The molecule has 0 bridgehead atoms. The van der Waals surface area contributed by atoms with Crippen LogP contribution in [-0.2, 0) is 11.3 Å². The van der Waals surface area contributed by atoms with Crippen molar-refractivity contribution in [3.63, 3.8) is 0 Å². The minimum Gasteiger partial charge on any atom is -0.369 e. The van der Waals surface area contributed by atoms with E-state index in [9.17, 15) is 4.79 Å². The number of likely N-dealkylation sites (N-methyl/N-ethyl adjacent to an activating group) is 1. The number of carbonyl (C=O) groups excluding carboxylic acids is 1. The van der Waals surface area contributed by atoms with Crippen molar-refractivity contribution in [1.29, 1.82) is 0 Å². The molecule has 29 heavy (non-hydrogen) atoms. The lowest BCUT2D eigenvalue weighted by Crippen LogP contribution is -2.38. The molecule has 0 saturated carbocycles. The third-order valence-electron chi connectivity index (χ3n) is 6.46. The number of likely N-dealkylation sites (tertiary alicyclic amines) is 1. The highest BCUT2D eigenvalue weighted by atomic mass is 35.5. The third kappa shape index (κ3) is 4.17. The summed E-state index contributed by atoms with van der Waals surface area (Å²) in [7, 11) is 4.24. The molecule has 6 heteroatoms. The third-order valence-corrected chi connectivity index (χ3v) is 7.02. The summed E-state index contributed by atoms with van der Waals surface area (Å²) in [6.07, 6.45) is 1.61. The number of fused-ring (bicyclic) bond motifs is 1. The molecule has 2 aromatic rings. The van der Waals surface area contributed by atoms with Crippen LogP contribution in [0.1, 0.15) is 47.1 Å². The lowest BCUT2D eigenvalue weighted by Gasteiger charge is -2.37. The number of hydrogen-bond acceptors (Lipinski definition) is 3. The molecule has 0 aliphatic carbocycles. The quantitative estimate of drug-likeness (QED) is 0.780. The van der Waals surface area contributed by atoms with Gasteiger partial charge in [-0.3, -0.25) is 9.69 Å². The van der Waals surface area contributed by atoms with Gasteiger partial charge < -0.3 is 10.6 Å². The lowest BCUT2D eigenvalue weighted by atomic mass is 9.82. The number of primary amides is 1. The second-order valence-corrected chi connectivity index (χ2v) is 9.34. The highest BCUT2D eigenvalue weighted by Gasteiger charge is 2.31. The van der Waals surface area contributed by atoms with Gasteiger partial charge >= 0.3 is 0 Å². The number of halogens is 2. The predicted molar refractivity (Wildman–Crippen MR) is 118 cm³/mol. The number of nitrogens with two attached hydrogens (primary N) is 1. The SMILES string of the molecule is CN1Cc2c(Cl)cc(Cl)cc2C(c2cccc(C3CC(C(N)=O)CCN3C)c2)C1. The fourth-order valence-corrected chi connectivity index (χ4v) is 5.41. The largest absolute Gasteiger partial charge is 0.369 e. The van der Waals surface area contributed by atoms with Gasteiger partial charge in [-0.15, -0.1) is 0 Å². The van der Waals surface area contributed by atoms with Crippen molar-refractivity contribution in [2.24, 2.45) is 11.7 Å². The van der Waals surface area contributed by atoms with Crippen molar-refractivity contribution >= 4 is 29.1 Å². The molecule has 3 unspecified atom stereocenters. The maximum absolute atomic E-state index is 11.8. The molecular weight excluding hydrogens is 405 g/mol. The van der Waals surface area contributed by atoms with Gasteiger partial charge in [-0.2, -0.15) is 0 Å². The Kier molecular flexibility index (Phi) is 5.90. The minimum atomic E-state index is -0.189. The van der Waals surface area contributed by atoms with Crippen LogP contribution in [0, 0.1) is 5.92 Å². The Labute approximate surface area is 182 Å². The summed E-state index contributed by atoms with van der Waals surface area (Å²) in [5, 5.41) is 1.41. The zero-order chi connectivity index (χ0) is 20.7. The van der Waals surface area contributed by atoms with E-state index in [-0.39, 0.29) is 23.8 Å². The standard InChI is InChI=1S/C23H27Cl2N3O/c1-27-12-19(18-10-17(24)11-21(25)20(18)13-27)14-4-3-5-15(8-14)22-9-16(23(26)29)6-7-28(22)2/h3-5,8,10-11,16,19,22H,6-7,9,12-13H2,1-2H3,(H2,26,29). The van der Waals surface area contributed by atoms with E-state index >= 15 is 0 Å². The Balaban J connectivity index is 1.70. The Morgan fingerprint density at radius 2 is 1.90 bits per heavy atom. The van der Waals surface area contributed by atoms with Crippen LogP contribution in [0.4, 0.5) is 0 Å². The van der Waals surface area contributed by atoms with E-state index in [1.807, 2.05) is 6.07 Å². The maximum Gasteiger partial charge on any atom is 0.220 e. The van der Waals surface area contributed by atoms with Crippen LogP contribution in [0.2, 0.25) is 10.0 Å². The van der Waals surface area contributed by atoms with Crippen molar-refractivity contribution in [1.82, 2.24) is 9.80 Å². The van der Waals surface area contributed by atoms with E-state index in [2.05, 4.69) is 54.2 Å². The van der Waals surface area contributed by atoms with Crippen LogP contribution >= 0.6 is 23.2 Å². The summed E-state index contributed by atoms with van der Waals surface area (Å²) < 4.78 is 0. The molecule has 1 fully saturated rings. The molecule has 2 heterocycles. The molecule has 4 nitrogen and oxygen atoms in total. The first-order valence-corrected chi connectivity index (χ1v) is 10.8. The molecule has 2 aliphatic heterocycles. The number of hydrogen-bond donors (Lipinski definition) is 1. The van der Waals surface area contributed by atoms with E-state index in [0.717, 1.165) is 43.1 Å². The van der Waals surface area contributed by atoms with E-state index in [1.165, 1.54) is 16.7 Å². The molecule has 1 amide bonds. The molecule has 2 aromatic carbocycles. The van der Waals surface area contributed by atoms with Crippen LogP contribution in [-0.4, -0.2) is 42.9 Å². The van der Waals surface area contributed by atoms with E-state index < -0.39 is 0 Å². The lowest BCUT2D eigenvalue weighted by molar-refractivity contribution is -0.123. The second-order valence-electron chi connectivity index (χ2n) is 8.49. The first-order valence-electron chi connectivity index (χ1n) is 10.1. The highest BCUT2D eigenvalue weighted by molar-refractivity contribution is 6.35. The summed E-state index contributed by atoms with van der Waals surface area (Å²) in [5.41, 5.74) is 10.5. The Morgan fingerprint density at radius 3 is 2.66 bits per heavy atom. The molecule has 154 valence electrons. The molecule has 2 N–H and O–H groups in total. The summed E-state index contributed by atoms with van der Waals surface area (Å²) in [6, 6.07) is 12.8. The fourth-order valence-electron chi connectivity index (χ4n) is 4.85. The van der Waals surface area contributed by atoms with Crippen LogP contribution in [0.15, 0.2) is 36.4 Å². The Morgan fingerprint density at radius 1 is 1.14 bits per heavy atom. The Hall–Kier alpha value is -1.59. The van der Waals surface area contributed by atoms with Gasteiger partial charge in [-0.05, 0) is 67.9 Å². The van der Waals surface area contributed by atoms with Crippen LogP contribution in [0.3, 0.4) is 0 Å². The van der Waals surface area contributed by atoms with Crippen LogP contribution in [0.5, 0.6) is 0 Å². The van der Waals surface area contributed by atoms with Gasteiger partial charge in [0.1, 0.15) is 0 Å². The zero-order valence-electron chi connectivity index (χ0n) is 16.9. The van der Waals surface area contributed by atoms with E-state index in [0.29, 0.717) is 5.02 Å². The minimum absolute atomic E-state index is 0.0565. The number of amides is 1. The topological polar surface area (TPSA) is 49.6 Å². The molecule has 0 radical (unpaired) electrons. The van der Waals surface area contributed by atoms with Crippen LogP contribution < -0.4 is 5.73 Å². The van der Waals surface area contributed by atoms with Gasteiger partial charge in [0.05, 0.1) is 0 Å². The van der Waals surface area contributed by atoms with Crippen molar-refractivity contribution < 1.29 is 4.79 Å². The van der Waals surface area contributed by atoms with Gasteiger partial charge in [0.15, 0.2) is 0 Å². The monoisotopic (exact) mass is 431 g/mol. The molecule has 0 spiro atoms. The zero-order valence-corrected chi connectivity index (χ0v) is 18.4. The fraction of sp³-hybridized carbons (Fsp3) is 0.435. The van der Waals surface area contributed by atoms with Gasteiger partial charge in [0, 0.05) is 41.0 Å². The summed E-state index contributed by atoms with van der Waals surface area (Å²) in [6.45, 7) is 2.62. The first-order chi connectivity index (χ1) is 13.8. The first kappa shape index (κ1) is 20.7. The predicted octanol–water partition coefficient (Wildman–Crippen LogP) is 4.44. The molecule has 3 atom stereocenters. The summed E-state index contributed by atoms with van der Waals surface area (Å²) in [5.74, 6) is -0.0360. The van der Waals surface area contributed by atoms with E-state index in [1.54, 1.807) is 0 Å². The summed E-state index contributed by atoms with van der Waals surface area (Å²) in [4.78, 5) is 16.4.